The highest BCUT2D eigenvalue weighted by molar-refractivity contribution is 5.79. The van der Waals surface area contributed by atoms with Crippen LogP contribution in [0.3, 0.4) is 0 Å². The molecule has 0 unspecified atom stereocenters. The van der Waals surface area contributed by atoms with Crippen LogP contribution in [0.4, 0.5) is 0 Å². The summed E-state index contributed by atoms with van der Waals surface area (Å²) >= 11 is 0. The van der Waals surface area contributed by atoms with Gasteiger partial charge in [0.15, 0.2) is 0 Å². The number of rotatable bonds is 6. The first-order valence-corrected chi connectivity index (χ1v) is 7.95. The monoisotopic (exact) mass is 318 g/mol. The molecular weight excluding hydrogens is 300 g/mol. The number of hydrogen-bond donors (Lipinski definition) is 0. The predicted molar refractivity (Wildman–Crippen MR) is 94.3 cm³/mol. The number of benzene rings is 2. The summed E-state index contributed by atoms with van der Waals surface area (Å²) < 4.78 is 5.75. The highest BCUT2D eigenvalue weighted by Crippen LogP contribution is 2.24. The van der Waals surface area contributed by atoms with Gasteiger partial charge in [-0.1, -0.05) is 55.8 Å². The molecule has 0 atom stereocenters. The van der Waals surface area contributed by atoms with E-state index in [1.807, 2.05) is 24.3 Å². The lowest BCUT2D eigenvalue weighted by Crippen LogP contribution is -1.84. The van der Waals surface area contributed by atoms with Crippen molar-refractivity contribution in [2.45, 2.75) is 19.8 Å². The van der Waals surface area contributed by atoms with Gasteiger partial charge in [0.1, 0.15) is 6.29 Å². The molecule has 3 aromatic rings. The van der Waals surface area contributed by atoms with Crippen LogP contribution in [-0.4, -0.2) is 16.5 Å². The Hall–Kier alpha value is -3.01. The molecule has 1 heterocycles. The number of allylic oxidation sites excluding steroid dienone is 1. The zero-order chi connectivity index (χ0) is 16.8. The van der Waals surface area contributed by atoms with Crippen molar-refractivity contribution in [2.24, 2.45) is 0 Å². The van der Waals surface area contributed by atoms with Gasteiger partial charge in [0, 0.05) is 17.2 Å². The van der Waals surface area contributed by atoms with Gasteiger partial charge in [-0.3, -0.25) is 4.79 Å². The summed E-state index contributed by atoms with van der Waals surface area (Å²) in [5, 5.41) is 8.22. The smallest absolute Gasteiger partial charge is 0.248 e. The molecule has 0 fully saturated rings. The maximum absolute atomic E-state index is 10.7. The lowest BCUT2D eigenvalue weighted by atomic mass is 10.0. The van der Waals surface area contributed by atoms with Crippen molar-refractivity contribution >= 4 is 17.9 Å². The summed E-state index contributed by atoms with van der Waals surface area (Å²) in [7, 11) is 0. The third kappa shape index (κ3) is 3.66. The lowest BCUT2D eigenvalue weighted by Gasteiger charge is -2.04. The van der Waals surface area contributed by atoms with Crippen LogP contribution in [0, 0.1) is 0 Å². The largest absolute Gasteiger partial charge is 0.417 e. The zero-order valence-corrected chi connectivity index (χ0v) is 13.5. The van der Waals surface area contributed by atoms with Crippen LogP contribution in [0.15, 0.2) is 59.0 Å². The Kier molecular flexibility index (Phi) is 4.96. The molecule has 0 aliphatic carbocycles. The van der Waals surface area contributed by atoms with Gasteiger partial charge in [-0.25, -0.2) is 0 Å². The van der Waals surface area contributed by atoms with E-state index in [1.54, 1.807) is 24.3 Å². The Morgan fingerprint density at radius 2 is 1.79 bits per heavy atom. The van der Waals surface area contributed by atoms with Crippen LogP contribution < -0.4 is 0 Å². The van der Waals surface area contributed by atoms with E-state index in [4.69, 9.17) is 4.42 Å². The van der Waals surface area contributed by atoms with Crippen molar-refractivity contribution in [2.75, 3.05) is 0 Å². The first-order chi connectivity index (χ1) is 11.8. The van der Waals surface area contributed by atoms with Crippen LogP contribution in [-0.2, 0) is 0 Å². The maximum Gasteiger partial charge on any atom is 0.248 e. The number of hydrogen-bond acceptors (Lipinski definition) is 4. The molecule has 0 radical (unpaired) electrons. The fourth-order valence-electron chi connectivity index (χ4n) is 2.48. The number of nitrogens with zero attached hydrogens (tertiary/aromatic N) is 2. The van der Waals surface area contributed by atoms with Crippen LogP contribution in [0.1, 0.15) is 41.6 Å². The fourth-order valence-corrected chi connectivity index (χ4v) is 2.48. The van der Waals surface area contributed by atoms with Crippen LogP contribution in [0.2, 0.25) is 0 Å². The second-order valence-corrected chi connectivity index (χ2v) is 5.47. The Labute approximate surface area is 140 Å². The molecule has 0 aliphatic heterocycles. The van der Waals surface area contributed by atoms with Crippen molar-refractivity contribution < 1.29 is 9.21 Å². The predicted octanol–water partition coefficient (Wildman–Crippen LogP) is 4.89. The molecule has 0 aliphatic rings. The Morgan fingerprint density at radius 3 is 2.46 bits per heavy atom. The van der Waals surface area contributed by atoms with Gasteiger partial charge in [0.05, 0.1) is 0 Å². The Bertz CT molecular complexity index is 834. The minimum absolute atomic E-state index is 0.447. The topological polar surface area (TPSA) is 56.0 Å². The van der Waals surface area contributed by atoms with Gasteiger partial charge in [-0.05, 0) is 29.7 Å². The van der Waals surface area contributed by atoms with E-state index in [1.165, 1.54) is 5.57 Å². The van der Waals surface area contributed by atoms with E-state index < -0.39 is 0 Å². The summed E-state index contributed by atoms with van der Waals surface area (Å²) in [5.41, 5.74) is 3.75. The molecule has 0 saturated heterocycles. The van der Waals surface area contributed by atoms with E-state index in [9.17, 15) is 4.79 Å². The molecule has 0 spiro atoms. The van der Waals surface area contributed by atoms with Crippen molar-refractivity contribution in [1.29, 1.82) is 0 Å². The van der Waals surface area contributed by atoms with E-state index in [2.05, 4.69) is 29.3 Å². The summed E-state index contributed by atoms with van der Waals surface area (Å²) in [5.74, 6) is 0.930. The summed E-state index contributed by atoms with van der Waals surface area (Å²) in [4.78, 5) is 10.7. The van der Waals surface area contributed by atoms with Crippen molar-refractivity contribution in [3.8, 4) is 11.5 Å². The van der Waals surface area contributed by atoms with E-state index in [-0.39, 0.29) is 0 Å². The quantitative estimate of drug-likeness (QED) is 0.607. The molecule has 0 bridgehead atoms. The highest BCUT2D eigenvalue weighted by Gasteiger charge is 2.09. The van der Waals surface area contributed by atoms with E-state index in [0.717, 1.165) is 30.3 Å². The molecule has 1 aromatic heterocycles. The van der Waals surface area contributed by atoms with Crippen LogP contribution >= 0.6 is 0 Å². The molecule has 0 N–H and O–H groups in total. The molecule has 3 rings (SSSR count). The van der Waals surface area contributed by atoms with Gasteiger partial charge < -0.3 is 4.42 Å². The van der Waals surface area contributed by atoms with Crippen molar-refractivity contribution in [1.82, 2.24) is 10.2 Å². The number of carbonyl (C=O) groups is 1. The number of aldehydes is 1. The second-order valence-electron chi connectivity index (χ2n) is 5.47. The van der Waals surface area contributed by atoms with Crippen molar-refractivity contribution in [3.63, 3.8) is 0 Å². The fraction of sp³-hybridized carbons (Fsp3) is 0.150. The van der Waals surface area contributed by atoms with Crippen LogP contribution in [0.5, 0.6) is 0 Å². The standard InChI is InChI=1S/C20H18N2O2/c1-2-6-18(16-7-4-3-5-8-16)13-19-21-22-20(24-19)17-11-9-15(14-23)10-12-17/h3-5,7-14H,2,6H2,1H3/b18-13-. The SMILES string of the molecule is CCC/C(=C/c1nnc(-c2ccc(C=O)cc2)o1)c1ccccc1. The lowest BCUT2D eigenvalue weighted by molar-refractivity contribution is 0.112. The summed E-state index contributed by atoms with van der Waals surface area (Å²) in [6.07, 6.45) is 4.72. The third-order valence-corrected chi connectivity index (χ3v) is 3.70. The van der Waals surface area contributed by atoms with Crippen molar-refractivity contribution in [3.05, 3.63) is 71.6 Å². The average Bonchev–Trinajstić information content (AvgIpc) is 3.11. The Balaban J connectivity index is 1.89. The maximum atomic E-state index is 10.7. The van der Waals surface area contributed by atoms with Crippen LogP contribution in [0.25, 0.3) is 23.1 Å². The first-order valence-electron chi connectivity index (χ1n) is 7.95. The number of aromatic nitrogens is 2. The molecule has 4 nitrogen and oxygen atoms in total. The first kappa shape index (κ1) is 15.9. The molecule has 120 valence electrons. The van der Waals surface area contributed by atoms with Gasteiger partial charge in [0.25, 0.3) is 0 Å². The average molecular weight is 318 g/mol. The normalized spacial score (nSPS) is 11.5. The zero-order valence-electron chi connectivity index (χ0n) is 13.5. The third-order valence-electron chi connectivity index (χ3n) is 3.70. The molecule has 4 heteroatoms. The summed E-state index contributed by atoms with van der Waals surface area (Å²) in [6, 6.07) is 17.3. The molecular formula is C20H18N2O2. The molecule has 2 aromatic carbocycles. The minimum atomic E-state index is 0.447. The highest BCUT2D eigenvalue weighted by atomic mass is 16.4. The van der Waals surface area contributed by atoms with Gasteiger partial charge in [0.2, 0.25) is 11.8 Å². The van der Waals surface area contributed by atoms with Gasteiger partial charge >= 0.3 is 0 Å². The molecule has 0 amide bonds. The van der Waals surface area contributed by atoms with Gasteiger partial charge in [-0.15, -0.1) is 10.2 Å². The summed E-state index contributed by atoms with van der Waals surface area (Å²) in [6.45, 7) is 2.14. The van der Waals surface area contributed by atoms with E-state index >= 15 is 0 Å². The molecule has 24 heavy (non-hydrogen) atoms. The molecule has 0 saturated carbocycles. The second kappa shape index (κ2) is 7.51. The van der Waals surface area contributed by atoms with E-state index in [0.29, 0.717) is 17.3 Å². The number of carbonyl (C=O) groups excluding carboxylic acids is 1. The minimum Gasteiger partial charge on any atom is -0.417 e. The Morgan fingerprint density at radius 1 is 1.04 bits per heavy atom. The van der Waals surface area contributed by atoms with Gasteiger partial charge in [-0.2, -0.15) is 0 Å².